The van der Waals surface area contributed by atoms with Crippen molar-refractivity contribution in [1.82, 2.24) is 9.80 Å². The van der Waals surface area contributed by atoms with Crippen LogP contribution in [0.1, 0.15) is 54.9 Å². The quantitative estimate of drug-likeness (QED) is 0.815. The fraction of sp³-hybridized carbons (Fsp3) is 0.619. The van der Waals surface area contributed by atoms with Crippen LogP contribution in [-0.2, 0) is 11.3 Å². The van der Waals surface area contributed by atoms with E-state index in [1.807, 2.05) is 45.8 Å². The molecule has 1 aromatic rings. The molecule has 2 saturated heterocycles. The number of rotatable bonds is 3. The van der Waals surface area contributed by atoms with Crippen LogP contribution < -0.4 is 0 Å². The zero-order chi connectivity index (χ0) is 18.1. The zero-order valence-corrected chi connectivity index (χ0v) is 16.4. The molecule has 3 aliphatic rings. The highest BCUT2D eigenvalue weighted by Gasteiger charge is 2.46. The van der Waals surface area contributed by atoms with Crippen molar-refractivity contribution in [2.24, 2.45) is 5.92 Å². The van der Waals surface area contributed by atoms with Crippen LogP contribution in [0.15, 0.2) is 24.3 Å². The third-order valence-electron chi connectivity index (χ3n) is 6.43. The van der Waals surface area contributed by atoms with E-state index in [-0.39, 0.29) is 17.4 Å². The summed E-state index contributed by atoms with van der Waals surface area (Å²) in [4.78, 5) is 30.3. The summed E-state index contributed by atoms with van der Waals surface area (Å²) in [5, 5.41) is 0. The number of amides is 2. The minimum Gasteiger partial charge on any atom is -0.343 e. The Morgan fingerprint density at radius 3 is 2.58 bits per heavy atom. The van der Waals surface area contributed by atoms with E-state index in [9.17, 15) is 9.59 Å². The summed E-state index contributed by atoms with van der Waals surface area (Å²) in [7, 11) is 0. The zero-order valence-electron chi connectivity index (χ0n) is 15.6. The summed E-state index contributed by atoms with van der Waals surface area (Å²) in [6.07, 6.45) is 4.54. The van der Waals surface area contributed by atoms with Gasteiger partial charge in [0.05, 0.1) is 12.0 Å². The van der Waals surface area contributed by atoms with Crippen LogP contribution in [-0.4, -0.2) is 51.7 Å². The predicted molar refractivity (Wildman–Crippen MR) is 105 cm³/mol. The SMILES string of the molecule is CC1CCN(C(=O)CC2(N3Cc4ccccc4C3=O)CCSCC2)CC1. The molecular formula is C21H28N2O2S. The van der Waals surface area contributed by atoms with Gasteiger partial charge in [-0.15, -0.1) is 0 Å². The van der Waals surface area contributed by atoms with Gasteiger partial charge in [-0.25, -0.2) is 0 Å². The maximum absolute atomic E-state index is 13.1. The molecule has 0 aliphatic carbocycles. The molecular weight excluding hydrogens is 344 g/mol. The van der Waals surface area contributed by atoms with Crippen molar-refractivity contribution >= 4 is 23.6 Å². The molecule has 2 amide bonds. The molecule has 0 bridgehead atoms. The molecule has 0 spiro atoms. The smallest absolute Gasteiger partial charge is 0.254 e. The lowest BCUT2D eigenvalue weighted by molar-refractivity contribution is -0.135. The van der Waals surface area contributed by atoms with Gasteiger partial charge >= 0.3 is 0 Å². The lowest BCUT2D eigenvalue weighted by atomic mass is 9.85. The minimum atomic E-state index is -0.304. The summed E-state index contributed by atoms with van der Waals surface area (Å²) in [5.41, 5.74) is 1.63. The fourth-order valence-electron chi connectivity index (χ4n) is 4.58. The summed E-state index contributed by atoms with van der Waals surface area (Å²) in [6, 6.07) is 7.91. The van der Waals surface area contributed by atoms with Gasteiger partial charge in [0, 0.05) is 25.2 Å². The number of likely N-dealkylation sites (tertiary alicyclic amines) is 1. The van der Waals surface area contributed by atoms with Gasteiger partial charge in [-0.3, -0.25) is 9.59 Å². The van der Waals surface area contributed by atoms with E-state index in [2.05, 4.69) is 6.92 Å². The molecule has 3 aliphatic heterocycles. The van der Waals surface area contributed by atoms with Gasteiger partial charge in [-0.1, -0.05) is 25.1 Å². The van der Waals surface area contributed by atoms with Crippen LogP contribution >= 0.6 is 11.8 Å². The first-order valence-corrected chi connectivity index (χ1v) is 11.0. The predicted octanol–water partition coefficient (Wildman–Crippen LogP) is 3.56. The van der Waals surface area contributed by atoms with Crippen molar-refractivity contribution in [2.45, 2.75) is 51.1 Å². The number of hydrogen-bond donors (Lipinski definition) is 0. The number of piperidine rings is 1. The van der Waals surface area contributed by atoms with E-state index in [1.54, 1.807) is 0 Å². The van der Waals surface area contributed by atoms with Crippen LogP contribution in [0.3, 0.4) is 0 Å². The van der Waals surface area contributed by atoms with Gasteiger partial charge in [-0.2, -0.15) is 11.8 Å². The van der Waals surface area contributed by atoms with Gasteiger partial charge in [-0.05, 0) is 54.7 Å². The van der Waals surface area contributed by atoms with Crippen molar-refractivity contribution < 1.29 is 9.59 Å². The Kier molecular flexibility index (Phi) is 5.00. The number of carbonyl (C=O) groups is 2. The van der Waals surface area contributed by atoms with Crippen molar-refractivity contribution in [3.8, 4) is 0 Å². The van der Waals surface area contributed by atoms with Crippen molar-refractivity contribution in [3.05, 3.63) is 35.4 Å². The van der Waals surface area contributed by atoms with Crippen LogP contribution in [0.25, 0.3) is 0 Å². The number of nitrogens with zero attached hydrogens (tertiary/aromatic N) is 2. The molecule has 26 heavy (non-hydrogen) atoms. The maximum atomic E-state index is 13.1. The molecule has 0 radical (unpaired) electrons. The first-order valence-electron chi connectivity index (χ1n) is 9.84. The first-order chi connectivity index (χ1) is 12.6. The summed E-state index contributed by atoms with van der Waals surface area (Å²) < 4.78 is 0. The Bertz CT molecular complexity index is 691. The molecule has 4 nitrogen and oxygen atoms in total. The van der Waals surface area contributed by atoms with Gasteiger partial charge < -0.3 is 9.80 Å². The average Bonchev–Trinajstić information content (AvgIpc) is 3.01. The molecule has 3 heterocycles. The number of thioether (sulfide) groups is 1. The summed E-state index contributed by atoms with van der Waals surface area (Å²) in [6.45, 7) is 4.67. The fourth-order valence-corrected chi connectivity index (χ4v) is 5.83. The molecule has 1 aromatic carbocycles. The molecule has 0 saturated carbocycles. The van der Waals surface area contributed by atoms with E-state index >= 15 is 0 Å². The van der Waals surface area contributed by atoms with Gasteiger partial charge in [0.15, 0.2) is 0 Å². The third-order valence-corrected chi connectivity index (χ3v) is 7.42. The van der Waals surface area contributed by atoms with Crippen molar-refractivity contribution in [2.75, 3.05) is 24.6 Å². The Labute approximate surface area is 160 Å². The second-order valence-electron chi connectivity index (χ2n) is 8.13. The van der Waals surface area contributed by atoms with Gasteiger partial charge in [0.25, 0.3) is 5.91 Å². The van der Waals surface area contributed by atoms with E-state index in [0.29, 0.717) is 18.9 Å². The highest BCUT2D eigenvalue weighted by molar-refractivity contribution is 7.99. The largest absolute Gasteiger partial charge is 0.343 e. The lowest BCUT2D eigenvalue weighted by Crippen LogP contribution is -2.54. The second kappa shape index (κ2) is 7.26. The van der Waals surface area contributed by atoms with E-state index in [1.165, 1.54) is 0 Å². The normalized spacial score (nSPS) is 23.2. The van der Waals surface area contributed by atoms with Crippen LogP contribution in [0.5, 0.6) is 0 Å². The van der Waals surface area contributed by atoms with E-state index < -0.39 is 0 Å². The molecule has 0 unspecified atom stereocenters. The molecule has 2 fully saturated rings. The molecule has 0 aromatic heterocycles. The Balaban J connectivity index is 1.55. The van der Waals surface area contributed by atoms with E-state index in [4.69, 9.17) is 0 Å². The minimum absolute atomic E-state index is 0.118. The number of carbonyl (C=O) groups excluding carboxylic acids is 2. The van der Waals surface area contributed by atoms with Crippen LogP contribution in [0, 0.1) is 5.92 Å². The standard InChI is InChI=1S/C21H28N2O2S/c1-16-6-10-22(11-7-16)19(24)14-21(8-12-26-13-9-21)23-15-17-4-2-3-5-18(17)20(23)25/h2-5,16H,6-15H2,1H3. The Morgan fingerprint density at radius 1 is 1.19 bits per heavy atom. The Morgan fingerprint density at radius 2 is 1.88 bits per heavy atom. The Hall–Kier alpha value is -1.49. The van der Waals surface area contributed by atoms with Crippen LogP contribution in [0.2, 0.25) is 0 Å². The highest BCUT2D eigenvalue weighted by Crippen LogP contribution is 2.41. The monoisotopic (exact) mass is 372 g/mol. The number of benzene rings is 1. The number of fused-ring (bicyclic) bond motifs is 1. The average molecular weight is 373 g/mol. The molecule has 5 heteroatoms. The molecule has 4 rings (SSSR count). The number of hydrogen-bond acceptors (Lipinski definition) is 3. The first kappa shape index (κ1) is 17.9. The summed E-state index contributed by atoms with van der Waals surface area (Å²) in [5.74, 6) is 3.14. The highest BCUT2D eigenvalue weighted by atomic mass is 32.2. The topological polar surface area (TPSA) is 40.6 Å². The maximum Gasteiger partial charge on any atom is 0.254 e. The van der Waals surface area contributed by atoms with Crippen molar-refractivity contribution in [1.29, 1.82) is 0 Å². The van der Waals surface area contributed by atoms with Crippen molar-refractivity contribution in [3.63, 3.8) is 0 Å². The van der Waals surface area contributed by atoms with Gasteiger partial charge in [0.2, 0.25) is 5.91 Å². The third kappa shape index (κ3) is 3.26. The molecule has 0 atom stereocenters. The van der Waals surface area contributed by atoms with Crippen LogP contribution in [0.4, 0.5) is 0 Å². The lowest BCUT2D eigenvalue weighted by Gasteiger charge is -2.45. The molecule has 140 valence electrons. The summed E-state index contributed by atoms with van der Waals surface area (Å²) >= 11 is 1.94. The van der Waals surface area contributed by atoms with Gasteiger partial charge in [0.1, 0.15) is 0 Å². The second-order valence-corrected chi connectivity index (χ2v) is 9.35. The molecule has 0 N–H and O–H groups in total. The van der Waals surface area contributed by atoms with E-state index in [0.717, 1.165) is 61.4 Å².